The maximum atomic E-state index is 13.5. The Morgan fingerprint density at radius 3 is 2.83 bits per heavy atom. The molecule has 9 heteroatoms. The first-order valence-corrected chi connectivity index (χ1v) is 9.25. The van der Waals surface area contributed by atoms with Crippen LogP contribution < -0.4 is 15.5 Å². The summed E-state index contributed by atoms with van der Waals surface area (Å²) in [4.78, 5) is 22.3. The highest BCUT2D eigenvalue weighted by Gasteiger charge is 2.43. The van der Waals surface area contributed by atoms with E-state index < -0.39 is 5.82 Å². The summed E-state index contributed by atoms with van der Waals surface area (Å²) in [6, 6.07) is 0.119. The quantitative estimate of drug-likeness (QED) is 0.789. The Hall–Kier alpha value is -1.28. The van der Waals surface area contributed by atoms with Gasteiger partial charge in [0.1, 0.15) is 0 Å². The fourth-order valence-corrected chi connectivity index (χ4v) is 3.56. The average Bonchev–Trinajstić information content (AvgIpc) is 3.29. The van der Waals surface area contributed by atoms with Gasteiger partial charge in [0, 0.05) is 26.1 Å². The SMILES string of the molecule is CNc1nc(N2C[C@H](NC(=O)CSC)[C@@H](C3CC3)C2)ncc1F.Cl. The van der Waals surface area contributed by atoms with Gasteiger partial charge in [-0.2, -0.15) is 16.7 Å². The van der Waals surface area contributed by atoms with Gasteiger partial charge in [-0.1, -0.05) is 0 Å². The van der Waals surface area contributed by atoms with E-state index in [0.717, 1.165) is 6.54 Å². The molecule has 0 spiro atoms. The fourth-order valence-electron chi connectivity index (χ4n) is 3.21. The third kappa shape index (κ3) is 4.22. The van der Waals surface area contributed by atoms with Crippen LogP contribution in [0.3, 0.4) is 0 Å². The van der Waals surface area contributed by atoms with E-state index in [1.165, 1.54) is 30.8 Å². The van der Waals surface area contributed by atoms with E-state index in [2.05, 4.69) is 20.6 Å². The smallest absolute Gasteiger partial charge is 0.230 e. The van der Waals surface area contributed by atoms with Gasteiger partial charge in [0.15, 0.2) is 11.6 Å². The van der Waals surface area contributed by atoms with Crippen LogP contribution in [0.4, 0.5) is 16.2 Å². The molecule has 2 atom stereocenters. The molecule has 1 aromatic rings. The van der Waals surface area contributed by atoms with Crippen molar-refractivity contribution in [2.45, 2.75) is 18.9 Å². The van der Waals surface area contributed by atoms with Gasteiger partial charge < -0.3 is 15.5 Å². The van der Waals surface area contributed by atoms with Gasteiger partial charge >= 0.3 is 0 Å². The molecule has 6 nitrogen and oxygen atoms in total. The van der Waals surface area contributed by atoms with Gasteiger partial charge in [-0.3, -0.25) is 4.79 Å². The van der Waals surface area contributed by atoms with Crippen molar-refractivity contribution in [3.05, 3.63) is 12.0 Å². The first kappa shape index (κ1) is 19.1. The predicted octanol–water partition coefficient (Wildman–Crippen LogP) is 1.77. The molecular weight excluding hydrogens is 353 g/mol. The maximum Gasteiger partial charge on any atom is 0.230 e. The zero-order valence-corrected chi connectivity index (χ0v) is 15.4. The second-order valence-electron chi connectivity index (χ2n) is 6.13. The number of carbonyl (C=O) groups is 1. The number of carbonyl (C=O) groups excluding carboxylic acids is 1. The van der Waals surface area contributed by atoms with E-state index in [9.17, 15) is 9.18 Å². The van der Waals surface area contributed by atoms with E-state index in [1.807, 2.05) is 11.2 Å². The van der Waals surface area contributed by atoms with Crippen LogP contribution in [-0.2, 0) is 4.79 Å². The number of halogens is 2. The van der Waals surface area contributed by atoms with Crippen molar-refractivity contribution in [2.75, 3.05) is 42.4 Å². The van der Waals surface area contributed by atoms with Crippen molar-refractivity contribution in [1.29, 1.82) is 0 Å². The summed E-state index contributed by atoms with van der Waals surface area (Å²) in [6.45, 7) is 1.49. The van der Waals surface area contributed by atoms with Crippen molar-refractivity contribution < 1.29 is 9.18 Å². The Bertz CT molecular complexity index is 589. The molecule has 1 aliphatic heterocycles. The summed E-state index contributed by atoms with van der Waals surface area (Å²) in [6.07, 6.45) is 5.56. The normalized spacial score (nSPS) is 22.9. The minimum absolute atomic E-state index is 0. The van der Waals surface area contributed by atoms with Crippen LogP contribution in [0.25, 0.3) is 0 Å². The molecule has 2 heterocycles. The molecule has 1 aliphatic carbocycles. The average molecular weight is 376 g/mol. The summed E-state index contributed by atoms with van der Waals surface area (Å²) in [5, 5.41) is 5.88. The number of thioether (sulfide) groups is 1. The Labute approximate surface area is 151 Å². The highest BCUT2D eigenvalue weighted by molar-refractivity contribution is 7.99. The second-order valence-corrected chi connectivity index (χ2v) is 7.00. The van der Waals surface area contributed by atoms with E-state index in [-0.39, 0.29) is 30.2 Å². The van der Waals surface area contributed by atoms with Gasteiger partial charge in [-0.25, -0.2) is 9.37 Å². The van der Waals surface area contributed by atoms with Crippen molar-refractivity contribution in [3.8, 4) is 0 Å². The third-order valence-electron chi connectivity index (χ3n) is 4.47. The first-order valence-electron chi connectivity index (χ1n) is 7.86. The molecule has 2 N–H and O–H groups in total. The Morgan fingerprint density at radius 2 is 2.21 bits per heavy atom. The second kappa shape index (κ2) is 8.20. The Kier molecular flexibility index (Phi) is 6.51. The molecule has 1 aromatic heterocycles. The molecule has 1 amide bonds. The van der Waals surface area contributed by atoms with Crippen LogP contribution in [0.15, 0.2) is 6.20 Å². The number of rotatable bonds is 6. The van der Waals surface area contributed by atoms with Crippen molar-refractivity contribution in [3.63, 3.8) is 0 Å². The molecule has 0 bridgehead atoms. The van der Waals surface area contributed by atoms with Gasteiger partial charge in [0.25, 0.3) is 0 Å². The Morgan fingerprint density at radius 1 is 1.46 bits per heavy atom. The largest absolute Gasteiger partial charge is 0.371 e. The molecule has 0 radical (unpaired) electrons. The molecule has 0 aromatic carbocycles. The summed E-state index contributed by atoms with van der Waals surface area (Å²) >= 11 is 1.52. The lowest BCUT2D eigenvalue weighted by Gasteiger charge is -2.18. The Balaban J connectivity index is 0.00000208. The predicted molar refractivity (Wildman–Crippen MR) is 97.5 cm³/mol. The van der Waals surface area contributed by atoms with Crippen LogP contribution in [0.2, 0.25) is 0 Å². The number of nitrogens with zero attached hydrogens (tertiary/aromatic N) is 3. The number of hydrogen-bond donors (Lipinski definition) is 2. The zero-order valence-electron chi connectivity index (χ0n) is 13.8. The highest BCUT2D eigenvalue weighted by Crippen LogP contribution is 2.42. The van der Waals surface area contributed by atoms with Crippen molar-refractivity contribution in [2.24, 2.45) is 11.8 Å². The third-order valence-corrected chi connectivity index (χ3v) is 5.02. The molecule has 3 rings (SSSR count). The number of nitrogens with one attached hydrogen (secondary N) is 2. The molecular formula is C15H23ClFN5OS. The van der Waals surface area contributed by atoms with Crippen molar-refractivity contribution >= 4 is 41.8 Å². The number of hydrogen-bond acceptors (Lipinski definition) is 6. The monoisotopic (exact) mass is 375 g/mol. The van der Waals surface area contributed by atoms with Crippen LogP contribution in [0, 0.1) is 17.7 Å². The standard InChI is InChI=1S/C15H22FN5OS.ClH/c1-17-14-11(16)5-18-15(20-14)21-6-10(9-3-4-9)12(7-21)19-13(22)8-23-2;/h5,9-10,12H,3-4,6-8H2,1-2H3,(H,19,22)(H,17,18,20);1H/t10-,12+;/m1./s1. The molecule has 1 saturated carbocycles. The molecule has 134 valence electrons. The summed E-state index contributed by atoms with van der Waals surface area (Å²) in [7, 11) is 1.64. The molecule has 24 heavy (non-hydrogen) atoms. The van der Waals surface area contributed by atoms with Crippen LogP contribution in [0.1, 0.15) is 12.8 Å². The van der Waals surface area contributed by atoms with E-state index in [4.69, 9.17) is 0 Å². The summed E-state index contributed by atoms with van der Waals surface area (Å²) in [5.74, 6) is 1.90. The van der Waals surface area contributed by atoms with Gasteiger partial charge in [-0.05, 0) is 25.0 Å². The lowest BCUT2D eigenvalue weighted by molar-refractivity contribution is -0.119. The zero-order chi connectivity index (χ0) is 16.4. The number of amides is 1. The van der Waals surface area contributed by atoms with Crippen LogP contribution in [0.5, 0.6) is 0 Å². The van der Waals surface area contributed by atoms with Gasteiger partial charge in [0.05, 0.1) is 18.0 Å². The lowest BCUT2D eigenvalue weighted by atomic mass is 9.98. The molecule has 1 saturated heterocycles. The van der Waals surface area contributed by atoms with Crippen LogP contribution in [-0.4, -0.2) is 54.1 Å². The van der Waals surface area contributed by atoms with E-state index in [0.29, 0.717) is 30.1 Å². The van der Waals surface area contributed by atoms with Crippen LogP contribution >= 0.6 is 24.2 Å². The highest BCUT2D eigenvalue weighted by atomic mass is 35.5. The molecule has 2 fully saturated rings. The fraction of sp³-hybridized carbons (Fsp3) is 0.667. The topological polar surface area (TPSA) is 70.2 Å². The minimum atomic E-state index is -0.459. The summed E-state index contributed by atoms with van der Waals surface area (Å²) in [5.41, 5.74) is 0. The number of anilines is 2. The minimum Gasteiger partial charge on any atom is -0.371 e. The first-order chi connectivity index (χ1) is 11.1. The van der Waals surface area contributed by atoms with E-state index >= 15 is 0 Å². The molecule has 2 aliphatic rings. The maximum absolute atomic E-state index is 13.5. The van der Waals surface area contributed by atoms with Crippen molar-refractivity contribution in [1.82, 2.24) is 15.3 Å². The summed E-state index contributed by atoms with van der Waals surface area (Å²) < 4.78 is 13.5. The number of aromatic nitrogens is 2. The molecule has 0 unspecified atom stereocenters. The van der Waals surface area contributed by atoms with Gasteiger partial charge in [-0.15, -0.1) is 12.4 Å². The van der Waals surface area contributed by atoms with Gasteiger partial charge in [0.2, 0.25) is 11.9 Å². The van der Waals surface area contributed by atoms with E-state index in [1.54, 1.807) is 7.05 Å². The lowest BCUT2D eigenvalue weighted by Crippen LogP contribution is -2.42.